The maximum absolute atomic E-state index is 11.6. The number of fused-ring (bicyclic) bond motifs is 1. The fourth-order valence-electron chi connectivity index (χ4n) is 2.12. The lowest BCUT2D eigenvalue weighted by molar-refractivity contribution is 0.610. The van der Waals surface area contributed by atoms with Crippen LogP contribution in [-0.4, -0.2) is 23.4 Å². The number of aromatic amines is 1. The van der Waals surface area contributed by atoms with Crippen molar-refractivity contribution >= 4 is 42.2 Å². The summed E-state index contributed by atoms with van der Waals surface area (Å²) in [4.78, 5) is 11.4. The van der Waals surface area contributed by atoms with Gasteiger partial charge in [0.1, 0.15) is 4.90 Å². The van der Waals surface area contributed by atoms with E-state index in [1.54, 1.807) is 24.5 Å². The summed E-state index contributed by atoms with van der Waals surface area (Å²) >= 11 is 6.23. The molecule has 2 aromatic heterocycles. The molecule has 0 aliphatic carbocycles. The monoisotopic (exact) mass is 341 g/mol. The minimum atomic E-state index is -3.84. The number of aromatic nitrogens is 3. The maximum Gasteiger partial charge on any atom is 0.263 e. The minimum Gasteiger partial charge on any atom is -0.359 e. The summed E-state index contributed by atoms with van der Waals surface area (Å²) < 4.78 is 23.1. The van der Waals surface area contributed by atoms with Gasteiger partial charge in [-0.2, -0.15) is 0 Å². The fourth-order valence-corrected chi connectivity index (χ4v) is 3.39. The first kappa shape index (κ1) is 14.3. The van der Waals surface area contributed by atoms with Crippen molar-refractivity contribution in [1.82, 2.24) is 15.0 Å². The van der Waals surface area contributed by atoms with Crippen LogP contribution in [0.2, 0.25) is 5.02 Å². The SMILES string of the molecule is Cc1cnc(-c2c(Cl)ccc3c(S(=O)(=O)Cl)c[nH]c23)cn1. The van der Waals surface area contributed by atoms with Gasteiger partial charge < -0.3 is 4.98 Å². The molecule has 0 bridgehead atoms. The van der Waals surface area contributed by atoms with E-state index in [1.165, 1.54) is 6.20 Å². The summed E-state index contributed by atoms with van der Waals surface area (Å²) in [5.41, 5.74) is 2.47. The summed E-state index contributed by atoms with van der Waals surface area (Å²) in [5.74, 6) is 0. The second-order valence-electron chi connectivity index (χ2n) is 4.48. The van der Waals surface area contributed by atoms with Crippen LogP contribution >= 0.6 is 22.3 Å². The van der Waals surface area contributed by atoms with E-state index < -0.39 is 9.05 Å². The number of aryl methyl sites for hydroxylation is 1. The van der Waals surface area contributed by atoms with Gasteiger partial charge in [-0.05, 0) is 19.1 Å². The van der Waals surface area contributed by atoms with E-state index in [0.29, 0.717) is 27.2 Å². The lowest BCUT2D eigenvalue weighted by Crippen LogP contribution is -1.91. The Hall–Kier alpha value is -1.63. The third kappa shape index (κ3) is 2.50. The second-order valence-corrected chi connectivity index (χ2v) is 7.42. The van der Waals surface area contributed by atoms with E-state index in [9.17, 15) is 8.42 Å². The molecule has 3 aromatic rings. The van der Waals surface area contributed by atoms with Crippen molar-refractivity contribution < 1.29 is 8.42 Å². The van der Waals surface area contributed by atoms with Gasteiger partial charge in [-0.15, -0.1) is 0 Å². The van der Waals surface area contributed by atoms with E-state index >= 15 is 0 Å². The first-order valence-corrected chi connectivity index (χ1v) is 8.60. The van der Waals surface area contributed by atoms with Gasteiger partial charge in [0.2, 0.25) is 0 Å². The van der Waals surface area contributed by atoms with E-state index in [1.807, 2.05) is 6.92 Å². The average molecular weight is 342 g/mol. The minimum absolute atomic E-state index is 0.0113. The maximum atomic E-state index is 11.6. The summed E-state index contributed by atoms with van der Waals surface area (Å²) in [6.07, 6.45) is 4.55. The van der Waals surface area contributed by atoms with Gasteiger partial charge in [0.25, 0.3) is 9.05 Å². The molecule has 1 N–H and O–H groups in total. The number of rotatable bonds is 2. The largest absolute Gasteiger partial charge is 0.359 e. The van der Waals surface area contributed by atoms with Crippen molar-refractivity contribution in [3.63, 3.8) is 0 Å². The Bertz CT molecular complexity index is 934. The first-order chi connectivity index (χ1) is 9.88. The van der Waals surface area contributed by atoms with Crippen LogP contribution in [0.5, 0.6) is 0 Å². The predicted molar refractivity (Wildman–Crippen MR) is 82.1 cm³/mol. The van der Waals surface area contributed by atoms with Crippen molar-refractivity contribution in [3.8, 4) is 11.3 Å². The molecular weight excluding hydrogens is 333 g/mol. The Morgan fingerprint density at radius 1 is 1.19 bits per heavy atom. The lowest BCUT2D eigenvalue weighted by atomic mass is 10.1. The molecule has 0 spiro atoms. The zero-order valence-electron chi connectivity index (χ0n) is 10.8. The highest BCUT2D eigenvalue weighted by molar-refractivity contribution is 8.14. The Morgan fingerprint density at radius 3 is 2.57 bits per heavy atom. The van der Waals surface area contributed by atoms with Gasteiger partial charge in [-0.3, -0.25) is 9.97 Å². The molecule has 108 valence electrons. The van der Waals surface area contributed by atoms with Crippen molar-refractivity contribution in [2.24, 2.45) is 0 Å². The van der Waals surface area contributed by atoms with Gasteiger partial charge in [-0.25, -0.2) is 8.42 Å². The summed E-state index contributed by atoms with van der Waals surface area (Å²) in [5, 5.41) is 0.910. The molecule has 0 fully saturated rings. The zero-order valence-corrected chi connectivity index (χ0v) is 13.1. The molecule has 5 nitrogen and oxygen atoms in total. The van der Waals surface area contributed by atoms with Gasteiger partial charge in [0.15, 0.2) is 0 Å². The normalized spacial score (nSPS) is 12.0. The van der Waals surface area contributed by atoms with E-state index in [4.69, 9.17) is 22.3 Å². The molecule has 0 atom stereocenters. The Morgan fingerprint density at radius 2 is 1.95 bits per heavy atom. The Balaban J connectivity index is 2.35. The number of hydrogen-bond donors (Lipinski definition) is 1. The number of benzene rings is 1. The molecule has 21 heavy (non-hydrogen) atoms. The van der Waals surface area contributed by atoms with Crippen LogP contribution < -0.4 is 0 Å². The van der Waals surface area contributed by atoms with Crippen LogP contribution in [0.15, 0.2) is 35.6 Å². The number of hydrogen-bond acceptors (Lipinski definition) is 4. The van der Waals surface area contributed by atoms with Crippen LogP contribution in [0, 0.1) is 6.92 Å². The number of halogens is 2. The van der Waals surface area contributed by atoms with Crippen LogP contribution in [0.4, 0.5) is 0 Å². The number of nitrogens with one attached hydrogen (secondary N) is 1. The quantitative estimate of drug-likeness (QED) is 0.723. The van der Waals surface area contributed by atoms with E-state index in [0.717, 1.165) is 5.69 Å². The topological polar surface area (TPSA) is 75.7 Å². The molecule has 0 unspecified atom stereocenters. The van der Waals surface area contributed by atoms with Crippen molar-refractivity contribution in [1.29, 1.82) is 0 Å². The molecule has 0 aliphatic heterocycles. The standard InChI is InChI=1S/C13H9Cl2N3O2S/c1-7-4-17-10(5-16-7)12-9(14)3-2-8-11(21(15,19)20)6-18-13(8)12/h2-6,18H,1H3. The molecule has 0 saturated carbocycles. The summed E-state index contributed by atoms with van der Waals surface area (Å²) in [7, 11) is 1.59. The van der Waals surface area contributed by atoms with E-state index in [2.05, 4.69) is 15.0 Å². The van der Waals surface area contributed by atoms with Crippen molar-refractivity contribution in [2.45, 2.75) is 11.8 Å². The second kappa shape index (κ2) is 4.98. The Kier molecular flexibility index (Phi) is 3.39. The van der Waals surface area contributed by atoms with Gasteiger partial charge in [-0.1, -0.05) is 11.6 Å². The molecule has 1 aromatic carbocycles. The molecule has 2 heterocycles. The summed E-state index contributed by atoms with van der Waals surface area (Å²) in [6, 6.07) is 3.22. The first-order valence-electron chi connectivity index (χ1n) is 5.91. The van der Waals surface area contributed by atoms with Crippen LogP contribution in [-0.2, 0) is 9.05 Å². The smallest absolute Gasteiger partial charge is 0.263 e. The highest BCUT2D eigenvalue weighted by atomic mass is 35.7. The Labute approximate surface area is 130 Å². The average Bonchev–Trinajstić information content (AvgIpc) is 2.84. The molecule has 8 heteroatoms. The highest BCUT2D eigenvalue weighted by Gasteiger charge is 2.20. The van der Waals surface area contributed by atoms with Crippen LogP contribution in [0.1, 0.15) is 5.69 Å². The number of nitrogens with zero attached hydrogens (tertiary/aromatic N) is 2. The third-order valence-electron chi connectivity index (χ3n) is 3.07. The number of H-pyrrole nitrogens is 1. The molecule has 0 amide bonds. The van der Waals surface area contributed by atoms with Gasteiger partial charge in [0, 0.05) is 34.0 Å². The van der Waals surface area contributed by atoms with Crippen molar-refractivity contribution in [3.05, 3.63) is 41.4 Å². The van der Waals surface area contributed by atoms with Crippen LogP contribution in [0.25, 0.3) is 22.2 Å². The summed E-state index contributed by atoms with van der Waals surface area (Å²) in [6.45, 7) is 1.83. The molecule has 0 radical (unpaired) electrons. The fraction of sp³-hybridized carbons (Fsp3) is 0.0769. The van der Waals surface area contributed by atoms with Crippen molar-refractivity contribution in [2.75, 3.05) is 0 Å². The molecule has 3 rings (SSSR count). The lowest BCUT2D eigenvalue weighted by Gasteiger charge is -2.06. The van der Waals surface area contributed by atoms with E-state index in [-0.39, 0.29) is 4.90 Å². The molecule has 0 aliphatic rings. The molecule has 0 saturated heterocycles. The zero-order chi connectivity index (χ0) is 15.2. The predicted octanol–water partition coefficient (Wildman–Crippen LogP) is 3.51. The highest BCUT2D eigenvalue weighted by Crippen LogP contribution is 2.36. The van der Waals surface area contributed by atoms with Crippen LogP contribution in [0.3, 0.4) is 0 Å². The van der Waals surface area contributed by atoms with Gasteiger partial charge >= 0.3 is 0 Å². The van der Waals surface area contributed by atoms with Gasteiger partial charge in [0.05, 0.1) is 28.1 Å². The molecular formula is C13H9Cl2N3O2S. The third-order valence-corrected chi connectivity index (χ3v) is 4.74.